The van der Waals surface area contributed by atoms with E-state index in [1.807, 2.05) is 0 Å². The first-order valence-electron chi connectivity index (χ1n) is 4.84. The van der Waals surface area contributed by atoms with E-state index in [9.17, 15) is 4.79 Å². The molecule has 14 heavy (non-hydrogen) atoms. The number of hydrogen-bond acceptors (Lipinski definition) is 3. The van der Waals surface area contributed by atoms with Gasteiger partial charge < -0.3 is 5.32 Å². The summed E-state index contributed by atoms with van der Waals surface area (Å²) in [4.78, 5) is 19.5. The zero-order valence-corrected chi connectivity index (χ0v) is 8.16. The molecule has 0 saturated heterocycles. The first kappa shape index (κ1) is 9.12. The fraction of sp³-hybridized carbons (Fsp3) is 0.500. The van der Waals surface area contributed by atoms with Crippen LogP contribution in [0.1, 0.15) is 37.2 Å². The molecule has 0 aromatic carbocycles. The van der Waals surface area contributed by atoms with Crippen LogP contribution in [0.25, 0.3) is 0 Å². The van der Waals surface area contributed by atoms with Gasteiger partial charge in [-0.25, -0.2) is 0 Å². The number of hydrogen-bond donors (Lipinski definition) is 1. The molecule has 1 aromatic rings. The normalized spacial score (nSPS) is 19.9. The second-order valence-corrected chi connectivity index (χ2v) is 3.53. The highest BCUT2D eigenvalue weighted by Gasteiger charge is 2.22. The number of amides is 1. The first-order chi connectivity index (χ1) is 6.77. The van der Waals surface area contributed by atoms with Crippen LogP contribution in [0.2, 0.25) is 0 Å². The van der Waals surface area contributed by atoms with E-state index >= 15 is 0 Å². The van der Waals surface area contributed by atoms with Gasteiger partial charge in [0.25, 0.3) is 0 Å². The molecule has 4 heteroatoms. The number of nitrogens with one attached hydrogen (secondary N) is 1. The minimum atomic E-state index is -0.00602. The summed E-state index contributed by atoms with van der Waals surface area (Å²) < 4.78 is 0. The molecule has 1 N–H and O–H groups in total. The Bertz CT molecular complexity index is 351. The van der Waals surface area contributed by atoms with E-state index in [-0.39, 0.29) is 11.9 Å². The van der Waals surface area contributed by atoms with Crippen LogP contribution < -0.4 is 5.32 Å². The van der Waals surface area contributed by atoms with Gasteiger partial charge >= 0.3 is 0 Å². The first-order valence-corrected chi connectivity index (χ1v) is 4.84. The predicted octanol–water partition coefficient (Wildman–Crippen LogP) is 0.990. The number of aromatic nitrogens is 2. The van der Waals surface area contributed by atoms with Gasteiger partial charge in [-0.05, 0) is 19.3 Å². The summed E-state index contributed by atoms with van der Waals surface area (Å²) in [5.74, 6) is -0.00602. The number of carbonyl (C=O) groups excluding carboxylic acids is 1. The summed E-state index contributed by atoms with van der Waals surface area (Å²) in [6, 6.07) is 0.0601. The van der Waals surface area contributed by atoms with E-state index in [4.69, 9.17) is 0 Å². The molecule has 1 unspecified atom stereocenters. The van der Waals surface area contributed by atoms with Crippen LogP contribution in [0.15, 0.2) is 12.4 Å². The molecule has 1 amide bonds. The predicted molar refractivity (Wildman–Crippen MR) is 51.5 cm³/mol. The van der Waals surface area contributed by atoms with Crippen molar-refractivity contribution in [1.29, 1.82) is 0 Å². The number of nitrogens with zero attached hydrogens (tertiary/aromatic N) is 2. The molecule has 2 rings (SSSR count). The molecular formula is C10H13N3O. The van der Waals surface area contributed by atoms with Gasteiger partial charge in [0.15, 0.2) is 0 Å². The van der Waals surface area contributed by atoms with Crippen LogP contribution in [0.3, 0.4) is 0 Å². The quantitative estimate of drug-likeness (QED) is 0.720. The molecule has 1 aromatic heterocycles. The van der Waals surface area contributed by atoms with Gasteiger partial charge in [-0.1, -0.05) is 0 Å². The summed E-state index contributed by atoms with van der Waals surface area (Å²) in [5.41, 5.74) is 1.96. The SMILES string of the molecule is CC(=O)NC1CCCc2nccnc21. The molecule has 0 bridgehead atoms. The van der Waals surface area contributed by atoms with Crippen LogP contribution in [0, 0.1) is 0 Å². The summed E-state index contributed by atoms with van der Waals surface area (Å²) >= 11 is 0. The third kappa shape index (κ3) is 1.73. The zero-order chi connectivity index (χ0) is 9.97. The Balaban J connectivity index is 2.26. The summed E-state index contributed by atoms with van der Waals surface area (Å²) in [6.45, 7) is 1.53. The van der Waals surface area contributed by atoms with Crippen molar-refractivity contribution in [2.45, 2.75) is 32.2 Å². The molecule has 0 radical (unpaired) electrons. The molecule has 1 aliphatic rings. The summed E-state index contributed by atoms with van der Waals surface area (Å²) in [5, 5.41) is 2.90. The molecule has 0 spiro atoms. The van der Waals surface area contributed by atoms with E-state index in [2.05, 4.69) is 15.3 Å². The molecule has 0 aliphatic heterocycles. The van der Waals surface area contributed by atoms with Crippen molar-refractivity contribution in [3.05, 3.63) is 23.8 Å². The molecule has 1 aliphatic carbocycles. The lowest BCUT2D eigenvalue weighted by Gasteiger charge is -2.23. The third-order valence-corrected chi connectivity index (χ3v) is 2.42. The molecular weight excluding hydrogens is 178 g/mol. The summed E-state index contributed by atoms with van der Waals surface area (Å²) in [7, 11) is 0. The molecule has 74 valence electrons. The number of carbonyl (C=O) groups is 1. The van der Waals surface area contributed by atoms with Gasteiger partial charge in [-0.15, -0.1) is 0 Å². The lowest BCUT2D eigenvalue weighted by atomic mass is 9.95. The minimum Gasteiger partial charge on any atom is -0.348 e. The molecule has 1 atom stereocenters. The topological polar surface area (TPSA) is 54.9 Å². The second-order valence-electron chi connectivity index (χ2n) is 3.53. The standard InChI is InChI=1S/C10H13N3O/c1-7(14)13-9-4-2-3-8-10(9)12-6-5-11-8/h5-6,9H,2-4H2,1H3,(H,13,14). The molecule has 0 saturated carbocycles. The smallest absolute Gasteiger partial charge is 0.217 e. The maximum absolute atomic E-state index is 11.0. The fourth-order valence-corrected chi connectivity index (χ4v) is 1.86. The average molecular weight is 191 g/mol. The van der Waals surface area contributed by atoms with Crippen molar-refractivity contribution in [1.82, 2.24) is 15.3 Å². The second kappa shape index (κ2) is 3.74. The Morgan fingerprint density at radius 2 is 2.29 bits per heavy atom. The Morgan fingerprint density at radius 3 is 3.07 bits per heavy atom. The van der Waals surface area contributed by atoms with Crippen molar-refractivity contribution >= 4 is 5.91 Å². The van der Waals surface area contributed by atoms with Gasteiger partial charge in [-0.2, -0.15) is 0 Å². The van der Waals surface area contributed by atoms with E-state index in [1.54, 1.807) is 12.4 Å². The highest BCUT2D eigenvalue weighted by Crippen LogP contribution is 2.25. The lowest BCUT2D eigenvalue weighted by Crippen LogP contribution is -2.30. The van der Waals surface area contributed by atoms with Gasteiger partial charge in [0.2, 0.25) is 5.91 Å². The largest absolute Gasteiger partial charge is 0.348 e. The molecule has 1 heterocycles. The van der Waals surface area contributed by atoms with Crippen LogP contribution in [-0.2, 0) is 11.2 Å². The van der Waals surface area contributed by atoms with E-state index in [0.717, 1.165) is 30.7 Å². The molecule has 4 nitrogen and oxygen atoms in total. The number of aryl methyl sites for hydroxylation is 1. The zero-order valence-electron chi connectivity index (χ0n) is 8.16. The van der Waals surface area contributed by atoms with E-state index < -0.39 is 0 Å². The van der Waals surface area contributed by atoms with E-state index in [1.165, 1.54) is 6.92 Å². The van der Waals surface area contributed by atoms with E-state index in [0.29, 0.717) is 0 Å². The maximum Gasteiger partial charge on any atom is 0.217 e. The number of rotatable bonds is 1. The summed E-state index contributed by atoms with van der Waals surface area (Å²) in [6.07, 6.45) is 6.38. The van der Waals surface area contributed by atoms with Crippen molar-refractivity contribution in [2.75, 3.05) is 0 Å². The van der Waals surface area contributed by atoms with Gasteiger partial charge in [0, 0.05) is 19.3 Å². The van der Waals surface area contributed by atoms with Gasteiger partial charge in [0.05, 0.1) is 17.4 Å². The highest BCUT2D eigenvalue weighted by molar-refractivity contribution is 5.73. The van der Waals surface area contributed by atoms with Crippen molar-refractivity contribution in [3.63, 3.8) is 0 Å². The van der Waals surface area contributed by atoms with Crippen molar-refractivity contribution in [2.24, 2.45) is 0 Å². The fourth-order valence-electron chi connectivity index (χ4n) is 1.86. The Morgan fingerprint density at radius 1 is 1.50 bits per heavy atom. The van der Waals surface area contributed by atoms with Gasteiger partial charge in [0.1, 0.15) is 0 Å². The maximum atomic E-state index is 11.0. The van der Waals surface area contributed by atoms with Crippen LogP contribution >= 0.6 is 0 Å². The Hall–Kier alpha value is -1.45. The highest BCUT2D eigenvalue weighted by atomic mass is 16.1. The minimum absolute atomic E-state index is 0.00602. The van der Waals surface area contributed by atoms with Crippen molar-refractivity contribution < 1.29 is 4.79 Å². The number of fused-ring (bicyclic) bond motifs is 1. The van der Waals surface area contributed by atoms with Crippen LogP contribution in [0.5, 0.6) is 0 Å². The third-order valence-electron chi connectivity index (χ3n) is 2.42. The molecule has 0 fully saturated rings. The van der Waals surface area contributed by atoms with Crippen LogP contribution in [0.4, 0.5) is 0 Å². The van der Waals surface area contributed by atoms with Crippen molar-refractivity contribution in [3.8, 4) is 0 Å². The Kier molecular flexibility index (Phi) is 2.43. The lowest BCUT2D eigenvalue weighted by molar-refractivity contribution is -0.119. The average Bonchev–Trinajstić information content (AvgIpc) is 2.18. The van der Waals surface area contributed by atoms with Gasteiger partial charge in [-0.3, -0.25) is 14.8 Å². The van der Waals surface area contributed by atoms with Crippen LogP contribution in [-0.4, -0.2) is 15.9 Å². The Labute approximate surface area is 82.8 Å². The monoisotopic (exact) mass is 191 g/mol.